The first-order valence-electron chi connectivity index (χ1n) is 6.71. The molecule has 4 heteroatoms. The van der Waals surface area contributed by atoms with Crippen molar-refractivity contribution >= 4 is 11.0 Å². The zero-order valence-corrected chi connectivity index (χ0v) is 12.0. The minimum atomic E-state index is 0.504. The standard InChI is InChI=1S/C16H18N4/c1-10-13(9-17)11(2)18-16-14(10)15(19-20(16)3)12-7-5-4-6-8-12/h4-8H,9,17H2,1-3H3. The van der Waals surface area contributed by atoms with E-state index >= 15 is 0 Å². The number of aromatic nitrogens is 3. The van der Waals surface area contributed by atoms with Crippen molar-refractivity contribution in [2.45, 2.75) is 20.4 Å². The molecule has 0 aliphatic carbocycles. The topological polar surface area (TPSA) is 56.7 Å². The summed E-state index contributed by atoms with van der Waals surface area (Å²) in [5.74, 6) is 0. The lowest BCUT2D eigenvalue weighted by molar-refractivity contribution is 0.787. The Morgan fingerprint density at radius 1 is 1.15 bits per heavy atom. The van der Waals surface area contributed by atoms with E-state index in [-0.39, 0.29) is 0 Å². The van der Waals surface area contributed by atoms with Gasteiger partial charge in [-0.15, -0.1) is 0 Å². The minimum absolute atomic E-state index is 0.504. The molecule has 20 heavy (non-hydrogen) atoms. The molecular weight excluding hydrogens is 248 g/mol. The fraction of sp³-hybridized carbons (Fsp3) is 0.250. The van der Waals surface area contributed by atoms with Gasteiger partial charge in [-0.05, 0) is 25.0 Å². The molecule has 4 nitrogen and oxygen atoms in total. The van der Waals surface area contributed by atoms with Gasteiger partial charge in [0.15, 0.2) is 5.65 Å². The molecule has 1 aromatic carbocycles. The largest absolute Gasteiger partial charge is 0.326 e. The third-order valence-electron chi connectivity index (χ3n) is 3.81. The van der Waals surface area contributed by atoms with Crippen molar-refractivity contribution in [1.29, 1.82) is 0 Å². The average molecular weight is 266 g/mol. The first kappa shape index (κ1) is 12.8. The summed E-state index contributed by atoms with van der Waals surface area (Å²) in [7, 11) is 1.93. The van der Waals surface area contributed by atoms with Crippen LogP contribution in [0, 0.1) is 13.8 Å². The number of benzene rings is 1. The average Bonchev–Trinajstić information content (AvgIpc) is 2.78. The molecule has 0 unspecified atom stereocenters. The molecule has 0 aliphatic rings. The molecule has 0 saturated carbocycles. The Morgan fingerprint density at radius 2 is 1.85 bits per heavy atom. The van der Waals surface area contributed by atoms with Crippen LogP contribution in [-0.2, 0) is 13.6 Å². The maximum absolute atomic E-state index is 5.87. The molecule has 0 atom stereocenters. The van der Waals surface area contributed by atoms with Gasteiger partial charge in [0.05, 0.1) is 5.39 Å². The Morgan fingerprint density at radius 3 is 2.50 bits per heavy atom. The summed E-state index contributed by atoms with van der Waals surface area (Å²) in [6, 6.07) is 10.2. The Balaban J connectivity index is 2.40. The van der Waals surface area contributed by atoms with Gasteiger partial charge >= 0.3 is 0 Å². The second-order valence-electron chi connectivity index (χ2n) is 5.04. The summed E-state index contributed by atoms with van der Waals surface area (Å²) in [5.41, 5.74) is 12.1. The van der Waals surface area contributed by atoms with Gasteiger partial charge in [0, 0.05) is 24.8 Å². The van der Waals surface area contributed by atoms with Crippen LogP contribution in [0.3, 0.4) is 0 Å². The minimum Gasteiger partial charge on any atom is -0.326 e. The molecule has 0 radical (unpaired) electrons. The van der Waals surface area contributed by atoms with Gasteiger partial charge in [-0.1, -0.05) is 30.3 Å². The first-order valence-corrected chi connectivity index (χ1v) is 6.71. The molecular formula is C16H18N4. The smallest absolute Gasteiger partial charge is 0.158 e. The number of hydrogen-bond acceptors (Lipinski definition) is 3. The van der Waals surface area contributed by atoms with E-state index in [1.165, 1.54) is 5.56 Å². The number of rotatable bonds is 2. The van der Waals surface area contributed by atoms with Crippen molar-refractivity contribution in [1.82, 2.24) is 14.8 Å². The predicted octanol–water partition coefficient (Wildman–Crippen LogP) is 2.71. The van der Waals surface area contributed by atoms with E-state index < -0.39 is 0 Å². The maximum Gasteiger partial charge on any atom is 0.158 e. The number of nitrogens with two attached hydrogens (primary N) is 1. The lowest BCUT2D eigenvalue weighted by atomic mass is 10.0. The van der Waals surface area contributed by atoms with E-state index in [1.807, 2.05) is 36.9 Å². The summed E-state index contributed by atoms with van der Waals surface area (Å²) in [6.45, 7) is 4.61. The lowest BCUT2D eigenvalue weighted by Crippen LogP contribution is -2.05. The second-order valence-corrected chi connectivity index (χ2v) is 5.04. The van der Waals surface area contributed by atoms with Gasteiger partial charge in [0.2, 0.25) is 0 Å². The number of nitrogens with zero attached hydrogens (tertiary/aromatic N) is 3. The van der Waals surface area contributed by atoms with Gasteiger partial charge in [0.25, 0.3) is 0 Å². The van der Waals surface area contributed by atoms with Crippen molar-refractivity contribution < 1.29 is 0 Å². The molecule has 0 fully saturated rings. The SMILES string of the molecule is Cc1nc2c(c(-c3ccccc3)nn2C)c(C)c1CN. The lowest BCUT2D eigenvalue weighted by Gasteiger charge is -2.09. The molecule has 0 spiro atoms. The van der Waals surface area contributed by atoms with Crippen molar-refractivity contribution in [3.05, 3.63) is 47.2 Å². The Kier molecular flexibility index (Phi) is 3.03. The van der Waals surface area contributed by atoms with Crippen LogP contribution in [-0.4, -0.2) is 14.8 Å². The normalized spacial score (nSPS) is 11.2. The van der Waals surface area contributed by atoms with E-state index in [1.54, 1.807) is 0 Å². The van der Waals surface area contributed by atoms with Crippen LogP contribution >= 0.6 is 0 Å². The van der Waals surface area contributed by atoms with Crippen molar-refractivity contribution in [2.24, 2.45) is 12.8 Å². The molecule has 0 bridgehead atoms. The number of fused-ring (bicyclic) bond motifs is 1. The Bertz CT molecular complexity index is 772. The van der Waals surface area contributed by atoms with Crippen molar-refractivity contribution in [3.8, 4) is 11.3 Å². The van der Waals surface area contributed by atoms with E-state index in [2.05, 4.69) is 29.1 Å². The highest BCUT2D eigenvalue weighted by molar-refractivity contribution is 5.94. The number of pyridine rings is 1. The van der Waals surface area contributed by atoms with Gasteiger partial charge in [-0.3, -0.25) is 0 Å². The summed E-state index contributed by atoms with van der Waals surface area (Å²) in [5, 5.41) is 5.75. The third-order valence-corrected chi connectivity index (χ3v) is 3.81. The molecule has 0 saturated heterocycles. The molecule has 3 aromatic rings. The van der Waals surface area contributed by atoms with Gasteiger partial charge in [-0.2, -0.15) is 5.10 Å². The Labute approximate surface area is 118 Å². The monoisotopic (exact) mass is 266 g/mol. The van der Waals surface area contributed by atoms with E-state index in [0.29, 0.717) is 6.54 Å². The summed E-state index contributed by atoms with van der Waals surface area (Å²) >= 11 is 0. The number of hydrogen-bond donors (Lipinski definition) is 1. The highest BCUT2D eigenvalue weighted by Crippen LogP contribution is 2.31. The molecule has 2 heterocycles. The van der Waals surface area contributed by atoms with Crippen LogP contribution in [0.4, 0.5) is 0 Å². The van der Waals surface area contributed by atoms with E-state index in [0.717, 1.165) is 33.5 Å². The summed E-state index contributed by atoms with van der Waals surface area (Å²) in [6.07, 6.45) is 0. The highest BCUT2D eigenvalue weighted by Gasteiger charge is 2.17. The van der Waals surface area contributed by atoms with E-state index in [9.17, 15) is 0 Å². The molecule has 102 valence electrons. The van der Waals surface area contributed by atoms with E-state index in [4.69, 9.17) is 5.73 Å². The van der Waals surface area contributed by atoms with Crippen LogP contribution in [0.25, 0.3) is 22.3 Å². The molecule has 0 aliphatic heterocycles. The zero-order chi connectivity index (χ0) is 14.3. The first-order chi connectivity index (χ1) is 9.63. The van der Waals surface area contributed by atoms with Crippen molar-refractivity contribution in [3.63, 3.8) is 0 Å². The molecule has 2 N–H and O–H groups in total. The molecule has 0 amide bonds. The van der Waals surface area contributed by atoms with Crippen molar-refractivity contribution in [2.75, 3.05) is 0 Å². The fourth-order valence-corrected chi connectivity index (χ4v) is 2.74. The molecule has 3 rings (SSSR count). The number of aryl methyl sites for hydroxylation is 3. The van der Waals surface area contributed by atoms with Crippen LogP contribution in [0.15, 0.2) is 30.3 Å². The van der Waals surface area contributed by atoms with Crippen LogP contribution in [0.5, 0.6) is 0 Å². The second kappa shape index (κ2) is 4.72. The summed E-state index contributed by atoms with van der Waals surface area (Å²) < 4.78 is 1.85. The van der Waals surface area contributed by atoms with Crippen LogP contribution in [0.1, 0.15) is 16.8 Å². The van der Waals surface area contributed by atoms with Gasteiger partial charge in [0.1, 0.15) is 5.69 Å². The predicted molar refractivity (Wildman–Crippen MR) is 81.3 cm³/mol. The van der Waals surface area contributed by atoms with Gasteiger partial charge < -0.3 is 5.73 Å². The Hall–Kier alpha value is -2.20. The van der Waals surface area contributed by atoms with Gasteiger partial charge in [-0.25, -0.2) is 9.67 Å². The molecule has 2 aromatic heterocycles. The third kappa shape index (κ3) is 1.80. The zero-order valence-electron chi connectivity index (χ0n) is 12.0. The quantitative estimate of drug-likeness (QED) is 0.776. The summed E-state index contributed by atoms with van der Waals surface area (Å²) in [4.78, 5) is 4.67. The van der Waals surface area contributed by atoms with Crippen LogP contribution < -0.4 is 5.73 Å². The maximum atomic E-state index is 5.87. The van der Waals surface area contributed by atoms with Crippen LogP contribution in [0.2, 0.25) is 0 Å². The fourth-order valence-electron chi connectivity index (χ4n) is 2.74. The highest BCUT2D eigenvalue weighted by atomic mass is 15.3.